The smallest absolute Gasteiger partial charge is 0.263 e. The van der Waals surface area contributed by atoms with Crippen LogP contribution >= 0.6 is 0 Å². The molecule has 11 heteroatoms. The first-order chi connectivity index (χ1) is 15.5. The molecular formula is C21H25FN6O4. The van der Waals surface area contributed by atoms with Crippen LogP contribution in [0.3, 0.4) is 0 Å². The molecule has 1 fully saturated rings. The summed E-state index contributed by atoms with van der Waals surface area (Å²) in [6.45, 7) is 3.76. The summed E-state index contributed by atoms with van der Waals surface area (Å²) in [5, 5.41) is 16.3. The third-order valence-corrected chi connectivity index (χ3v) is 6.12. The second kappa shape index (κ2) is 8.57. The summed E-state index contributed by atoms with van der Waals surface area (Å²) in [6, 6.07) is 0. The van der Waals surface area contributed by atoms with E-state index >= 15 is 0 Å². The first-order valence-electron chi connectivity index (χ1n) is 10.7. The lowest BCUT2D eigenvalue weighted by molar-refractivity contribution is -0.118. The zero-order chi connectivity index (χ0) is 22.2. The summed E-state index contributed by atoms with van der Waals surface area (Å²) >= 11 is 0. The SMILES string of the molecule is Cc1ncc(F)c2c1CC(CNCCC1CN(c3cnc4c(n3)NC(=O)CO4)C(O)O1)C2. The predicted octanol–water partition coefficient (Wildman–Crippen LogP) is 0.526. The molecule has 170 valence electrons. The number of carbonyl (C=O) groups excluding carboxylic acids is 1. The Morgan fingerprint density at radius 3 is 3.00 bits per heavy atom. The number of hydrogen-bond donors (Lipinski definition) is 3. The zero-order valence-electron chi connectivity index (χ0n) is 17.7. The molecule has 1 amide bonds. The molecule has 3 unspecified atom stereocenters. The van der Waals surface area contributed by atoms with Gasteiger partial charge in [-0.1, -0.05) is 0 Å². The van der Waals surface area contributed by atoms with Gasteiger partial charge >= 0.3 is 0 Å². The number of aryl methyl sites for hydroxylation is 1. The number of nitrogens with one attached hydrogen (secondary N) is 2. The number of rotatable bonds is 6. The van der Waals surface area contributed by atoms with Gasteiger partial charge in [-0.3, -0.25) is 9.78 Å². The van der Waals surface area contributed by atoms with Crippen LogP contribution in [0.5, 0.6) is 5.88 Å². The van der Waals surface area contributed by atoms with Crippen molar-refractivity contribution in [3.05, 3.63) is 35.0 Å². The lowest BCUT2D eigenvalue weighted by atomic mass is 10.1. The largest absolute Gasteiger partial charge is 0.465 e. The Bertz CT molecular complexity index is 1010. The summed E-state index contributed by atoms with van der Waals surface area (Å²) < 4.78 is 24.9. The molecule has 1 saturated heterocycles. The molecule has 3 aliphatic rings. The van der Waals surface area contributed by atoms with Crippen LogP contribution in [0.2, 0.25) is 0 Å². The van der Waals surface area contributed by atoms with E-state index in [9.17, 15) is 14.3 Å². The van der Waals surface area contributed by atoms with Gasteiger partial charge in [0.25, 0.3) is 11.8 Å². The van der Waals surface area contributed by atoms with Crippen LogP contribution in [0.25, 0.3) is 0 Å². The topological polar surface area (TPSA) is 122 Å². The minimum Gasteiger partial charge on any atom is -0.465 e. The van der Waals surface area contributed by atoms with Crippen LogP contribution in [-0.2, 0) is 22.4 Å². The number of fused-ring (bicyclic) bond motifs is 2. The molecule has 0 aromatic carbocycles. The highest BCUT2D eigenvalue weighted by atomic mass is 19.1. The molecule has 4 heterocycles. The van der Waals surface area contributed by atoms with Crippen molar-refractivity contribution in [2.75, 3.05) is 36.5 Å². The third-order valence-electron chi connectivity index (χ3n) is 6.12. The van der Waals surface area contributed by atoms with Crippen molar-refractivity contribution < 1.29 is 23.8 Å². The minimum atomic E-state index is -1.14. The first kappa shape index (κ1) is 21.0. The van der Waals surface area contributed by atoms with Crippen molar-refractivity contribution in [1.29, 1.82) is 0 Å². The third kappa shape index (κ3) is 4.10. The van der Waals surface area contributed by atoms with E-state index in [0.29, 0.717) is 31.2 Å². The van der Waals surface area contributed by atoms with Crippen LogP contribution in [-0.4, -0.2) is 64.7 Å². The second-order valence-electron chi connectivity index (χ2n) is 8.37. The van der Waals surface area contributed by atoms with Gasteiger partial charge in [-0.25, -0.2) is 14.4 Å². The van der Waals surface area contributed by atoms with Crippen LogP contribution in [0, 0.1) is 18.7 Å². The number of nitrogens with zero attached hydrogens (tertiary/aromatic N) is 4. The second-order valence-corrected chi connectivity index (χ2v) is 8.37. The van der Waals surface area contributed by atoms with Crippen molar-refractivity contribution in [3.63, 3.8) is 0 Å². The monoisotopic (exact) mass is 444 g/mol. The number of amides is 1. The van der Waals surface area contributed by atoms with E-state index in [0.717, 1.165) is 36.2 Å². The molecule has 0 bridgehead atoms. The highest BCUT2D eigenvalue weighted by Gasteiger charge is 2.33. The number of halogens is 1. The maximum atomic E-state index is 14.0. The number of ether oxygens (including phenoxy) is 2. The Kier molecular flexibility index (Phi) is 5.62. The highest BCUT2D eigenvalue weighted by Crippen LogP contribution is 2.30. The Morgan fingerprint density at radius 2 is 2.16 bits per heavy atom. The summed E-state index contributed by atoms with van der Waals surface area (Å²) in [6.07, 6.45) is 3.72. The maximum Gasteiger partial charge on any atom is 0.263 e. The molecule has 5 rings (SSSR count). The van der Waals surface area contributed by atoms with E-state index in [-0.39, 0.29) is 36.1 Å². The fraction of sp³-hybridized carbons (Fsp3) is 0.524. The standard InChI is InChI=1S/C21H25FN6O4/c1-11-14-4-12(5-15(14)16(22)7-24-11)6-23-3-2-13-9-28(21(30)32-13)17-8-25-20-19(26-17)27-18(29)10-31-20/h7-8,12-13,21,23,30H,2-6,9-10H2,1H3,(H,26,27,29). The summed E-state index contributed by atoms with van der Waals surface area (Å²) in [5.74, 6) is 0.715. The number of aliphatic hydroxyl groups is 1. The van der Waals surface area contributed by atoms with Crippen molar-refractivity contribution >= 4 is 17.5 Å². The van der Waals surface area contributed by atoms with E-state index in [2.05, 4.69) is 25.6 Å². The number of anilines is 2. The van der Waals surface area contributed by atoms with Crippen molar-refractivity contribution in [2.24, 2.45) is 5.92 Å². The first-order valence-corrected chi connectivity index (χ1v) is 10.7. The lowest BCUT2D eigenvalue weighted by Crippen LogP contribution is -2.32. The van der Waals surface area contributed by atoms with Gasteiger partial charge in [0.2, 0.25) is 6.41 Å². The average Bonchev–Trinajstić information content (AvgIpc) is 3.38. The van der Waals surface area contributed by atoms with Gasteiger partial charge in [0.05, 0.1) is 25.0 Å². The van der Waals surface area contributed by atoms with E-state index in [4.69, 9.17) is 9.47 Å². The molecule has 3 N–H and O–H groups in total. The van der Waals surface area contributed by atoms with Crippen molar-refractivity contribution in [1.82, 2.24) is 20.3 Å². The van der Waals surface area contributed by atoms with Crippen LogP contribution in [0.1, 0.15) is 23.2 Å². The van der Waals surface area contributed by atoms with E-state index < -0.39 is 6.41 Å². The van der Waals surface area contributed by atoms with Gasteiger partial charge in [0.15, 0.2) is 18.2 Å². The zero-order valence-corrected chi connectivity index (χ0v) is 17.7. The number of aromatic nitrogens is 3. The summed E-state index contributed by atoms with van der Waals surface area (Å²) in [5.41, 5.74) is 2.76. The van der Waals surface area contributed by atoms with E-state index in [1.807, 2.05) is 6.92 Å². The minimum absolute atomic E-state index is 0.0933. The molecule has 0 radical (unpaired) electrons. The fourth-order valence-electron chi connectivity index (χ4n) is 4.49. The number of aliphatic hydroxyl groups excluding tert-OH is 1. The summed E-state index contributed by atoms with van der Waals surface area (Å²) in [4.78, 5) is 25.7. The Hall–Kier alpha value is -2.89. The normalized spacial score (nSPS) is 24.2. The van der Waals surface area contributed by atoms with Gasteiger partial charge in [-0.15, -0.1) is 0 Å². The Labute approximate surface area is 184 Å². The molecule has 1 aliphatic carbocycles. The summed E-state index contributed by atoms with van der Waals surface area (Å²) in [7, 11) is 0. The highest BCUT2D eigenvalue weighted by molar-refractivity contribution is 5.93. The van der Waals surface area contributed by atoms with Crippen molar-refractivity contribution in [3.8, 4) is 5.88 Å². The molecule has 2 aromatic rings. The molecule has 10 nitrogen and oxygen atoms in total. The van der Waals surface area contributed by atoms with Crippen LogP contribution in [0.15, 0.2) is 12.4 Å². The molecule has 3 atom stereocenters. The van der Waals surface area contributed by atoms with Crippen molar-refractivity contribution in [2.45, 2.75) is 38.7 Å². The fourth-order valence-corrected chi connectivity index (χ4v) is 4.49. The molecule has 2 aliphatic heterocycles. The van der Waals surface area contributed by atoms with Crippen LogP contribution in [0.4, 0.5) is 16.0 Å². The van der Waals surface area contributed by atoms with Gasteiger partial charge in [0, 0.05) is 5.69 Å². The van der Waals surface area contributed by atoms with Gasteiger partial charge in [0.1, 0.15) is 5.82 Å². The van der Waals surface area contributed by atoms with E-state index in [1.165, 1.54) is 12.4 Å². The van der Waals surface area contributed by atoms with Crippen LogP contribution < -0.4 is 20.3 Å². The van der Waals surface area contributed by atoms with Gasteiger partial charge < -0.3 is 30.1 Å². The molecule has 0 spiro atoms. The lowest BCUT2D eigenvalue weighted by Gasteiger charge is -2.21. The Morgan fingerprint density at radius 1 is 1.31 bits per heavy atom. The molecule has 0 saturated carbocycles. The molecule has 32 heavy (non-hydrogen) atoms. The Balaban J connectivity index is 1.10. The predicted molar refractivity (Wildman–Crippen MR) is 112 cm³/mol. The van der Waals surface area contributed by atoms with Gasteiger partial charge in [-0.2, -0.15) is 0 Å². The number of carbonyl (C=O) groups is 1. The average molecular weight is 444 g/mol. The van der Waals surface area contributed by atoms with Gasteiger partial charge in [-0.05, 0) is 56.3 Å². The molecular weight excluding hydrogens is 419 g/mol. The van der Waals surface area contributed by atoms with E-state index in [1.54, 1.807) is 4.90 Å². The number of hydrogen-bond acceptors (Lipinski definition) is 9. The molecule has 2 aromatic heterocycles. The quantitative estimate of drug-likeness (QED) is 0.548. The number of pyridine rings is 1. The maximum absolute atomic E-state index is 14.0.